The monoisotopic (exact) mass is 614 g/mol. The molecule has 0 radical (unpaired) electrons. The van der Waals surface area contributed by atoms with Gasteiger partial charge in [-0.25, -0.2) is 0 Å². The van der Waals surface area contributed by atoms with E-state index in [-0.39, 0.29) is 19.5 Å². The van der Waals surface area contributed by atoms with Gasteiger partial charge in [0.1, 0.15) is 67.1 Å². The van der Waals surface area contributed by atoms with Crippen LogP contribution < -0.4 is 34.4 Å². The topological polar surface area (TPSA) is 353 Å². The maximum Gasteiger partial charge on any atom is 0.187 e. The van der Waals surface area contributed by atoms with Crippen LogP contribution in [0.15, 0.2) is 0 Å². The van der Waals surface area contributed by atoms with Crippen molar-refractivity contribution in [1.29, 1.82) is 0 Å². The number of rotatable bonds is 9. The second kappa shape index (κ2) is 14.1. The van der Waals surface area contributed by atoms with Gasteiger partial charge in [0, 0.05) is 25.2 Å². The molecular weight excluding hydrogens is 568 g/mol. The Morgan fingerprint density at radius 1 is 0.524 bits per heavy atom. The van der Waals surface area contributed by atoms with Crippen LogP contribution in [0, 0.1) is 0 Å². The SMILES string of the molecule is NCC1O[C@H](O[C@@H]2C(N)C[C@@H](N)C(O)[C@H]2O[C@@H]2O[C@H](CO)[C@H](O[C@H]3O[C@H](CN)[C@@H](O)C(O)C3N)C2O)C(N)[C@@H](O)[C@@H]1O. The van der Waals surface area contributed by atoms with E-state index in [9.17, 15) is 35.7 Å². The highest BCUT2D eigenvalue weighted by Gasteiger charge is 2.54. The van der Waals surface area contributed by atoms with Gasteiger partial charge in [-0.05, 0) is 6.42 Å². The molecule has 3 heterocycles. The number of nitrogens with two attached hydrogens (primary N) is 6. The average molecular weight is 615 g/mol. The summed E-state index contributed by atoms with van der Waals surface area (Å²) in [6.07, 6.45) is -19.8. The molecule has 0 bridgehead atoms. The van der Waals surface area contributed by atoms with E-state index in [1.54, 1.807) is 0 Å². The molecule has 1 aliphatic carbocycles. The van der Waals surface area contributed by atoms with Gasteiger partial charge in [-0.2, -0.15) is 0 Å². The van der Waals surface area contributed by atoms with E-state index in [0.717, 1.165) is 0 Å². The van der Waals surface area contributed by atoms with Crippen LogP contribution >= 0.6 is 0 Å². The van der Waals surface area contributed by atoms with Crippen molar-refractivity contribution in [2.24, 2.45) is 34.4 Å². The van der Waals surface area contributed by atoms with Gasteiger partial charge in [0.15, 0.2) is 18.9 Å². The van der Waals surface area contributed by atoms with Gasteiger partial charge in [-0.15, -0.1) is 0 Å². The fourth-order valence-corrected chi connectivity index (χ4v) is 5.74. The Balaban J connectivity index is 1.50. The fraction of sp³-hybridized carbons (Fsp3) is 1.00. The molecular formula is C23H46N6O13. The summed E-state index contributed by atoms with van der Waals surface area (Å²) in [6, 6.07) is -4.18. The summed E-state index contributed by atoms with van der Waals surface area (Å²) in [5.41, 5.74) is 35.6. The highest BCUT2D eigenvalue weighted by Crippen LogP contribution is 2.34. The Labute approximate surface area is 241 Å². The molecule has 4 aliphatic rings. The molecule has 19 heteroatoms. The molecule has 0 aromatic heterocycles. The lowest BCUT2D eigenvalue weighted by molar-refractivity contribution is -0.306. The van der Waals surface area contributed by atoms with E-state index >= 15 is 0 Å². The lowest BCUT2D eigenvalue weighted by Gasteiger charge is -2.47. The van der Waals surface area contributed by atoms with Gasteiger partial charge < -0.3 is 98.6 Å². The van der Waals surface area contributed by atoms with Crippen LogP contribution in [-0.4, -0.2) is 172 Å². The second-order valence-electron chi connectivity index (χ2n) is 11.2. The standard InChI is InChI=1S/C23H46N6O13/c24-2-7-13(32)15(34)10(28)21(37-7)40-18-6(27)1-5(26)12(31)20(18)42-23-17(36)19(9(4-30)39-23)41-22-11(29)16(35)14(33)8(3-25)38-22/h5-23,30-36H,1-4,24-29H2/t5-,6?,7?,8-,9-,10?,11?,12?,13-,14-,15-,16?,17?,18-,19+,20-,21-,22-,23+/m1/s1. The smallest absolute Gasteiger partial charge is 0.187 e. The summed E-state index contributed by atoms with van der Waals surface area (Å²) in [5.74, 6) is 0. The third-order valence-corrected chi connectivity index (χ3v) is 8.37. The molecule has 42 heavy (non-hydrogen) atoms. The van der Waals surface area contributed by atoms with E-state index in [1.807, 2.05) is 0 Å². The van der Waals surface area contributed by atoms with Gasteiger partial charge in [0.25, 0.3) is 0 Å². The first kappa shape index (κ1) is 34.1. The first-order valence-electron chi connectivity index (χ1n) is 13.9. The second-order valence-corrected chi connectivity index (χ2v) is 11.2. The van der Waals surface area contributed by atoms with E-state index < -0.39 is 123 Å². The van der Waals surface area contributed by atoms with Gasteiger partial charge in [0.2, 0.25) is 0 Å². The van der Waals surface area contributed by atoms with Crippen LogP contribution in [0.2, 0.25) is 0 Å². The molecule has 7 unspecified atom stereocenters. The van der Waals surface area contributed by atoms with Crippen molar-refractivity contribution in [3.63, 3.8) is 0 Å². The number of aliphatic hydroxyl groups excluding tert-OH is 7. The molecule has 0 aromatic rings. The predicted molar refractivity (Wildman–Crippen MR) is 138 cm³/mol. The van der Waals surface area contributed by atoms with Crippen molar-refractivity contribution < 1.29 is 64.2 Å². The Morgan fingerprint density at radius 3 is 1.45 bits per heavy atom. The third-order valence-electron chi connectivity index (χ3n) is 8.37. The largest absolute Gasteiger partial charge is 0.394 e. The lowest BCUT2D eigenvalue weighted by Crippen LogP contribution is -2.68. The summed E-state index contributed by atoms with van der Waals surface area (Å²) in [5, 5.41) is 73.0. The van der Waals surface area contributed by atoms with Crippen molar-refractivity contribution in [2.45, 2.75) is 123 Å². The Hall–Kier alpha value is -0.760. The first-order valence-corrected chi connectivity index (χ1v) is 13.9. The molecule has 19 N–H and O–H groups in total. The highest BCUT2D eigenvalue weighted by atomic mass is 16.8. The van der Waals surface area contributed by atoms with Crippen molar-refractivity contribution in [2.75, 3.05) is 19.7 Å². The van der Waals surface area contributed by atoms with E-state index in [1.165, 1.54) is 0 Å². The molecule has 0 spiro atoms. The van der Waals surface area contributed by atoms with E-state index in [4.69, 9.17) is 62.8 Å². The molecule has 19 nitrogen and oxygen atoms in total. The van der Waals surface area contributed by atoms with Gasteiger partial charge in [0.05, 0.1) is 24.8 Å². The van der Waals surface area contributed by atoms with Crippen LogP contribution in [-0.2, 0) is 28.4 Å². The third kappa shape index (κ3) is 6.60. The average Bonchev–Trinajstić information content (AvgIpc) is 3.27. The predicted octanol–water partition coefficient (Wildman–Crippen LogP) is -8.90. The summed E-state index contributed by atoms with van der Waals surface area (Å²) < 4.78 is 34.6. The van der Waals surface area contributed by atoms with E-state index in [2.05, 4.69) is 0 Å². The van der Waals surface area contributed by atoms with Crippen LogP contribution in [0.25, 0.3) is 0 Å². The molecule has 0 aromatic carbocycles. The van der Waals surface area contributed by atoms with Gasteiger partial charge in [-0.1, -0.05) is 0 Å². The van der Waals surface area contributed by atoms with Crippen molar-refractivity contribution in [1.82, 2.24) is 0 Å². The minimum atomic E-state index is -1.60. The molecule has 19 atom stereocenters. The van der Waals surface area contributed by atoms with Crippen LogP contribution in [0.1, 0.15) is 6.42 Å². The summed E-state index contributed by atoms with van der Waals surface area (Å²) >= 11 is 0. The molecule has 1 saturated carbocycles. The Morgan fingerprint density at radius 2 is 0.976 bits per heavy atom. The first-order chi connectivity index (χ1) is 19.8. The lowest BCUT2D eigenvalue weighted by atomic mass is 9.84. The summed E-state index contributed by atoms with van der Waals surface area (Å²) in [4.78, 5) is 0. The van der Waals surface area contributed by atoms with Gasteiger partial charge >= 0.3 is 0 Å². The zero-order valence-electron chi connectivity index (χ0n) is 22.8. The normalized spacial score (nSPS) is 53.8. The zero-order valence-corrected chi connectivity index (χ0v) is 22.8. The maximum atomic E-state index is 11.1. The Kier molecular flexibility index (Phi) is 11.5. The number of aliphatic hydroxyl groups is 7. The number of hydrogen-bond acceptors (Lipinski definition) is 19. The zero-order chi connectivity index (χ0) is 31.0. The molecule has 3 saturated heterocycles. The van der Waals surface area contributed by atoms with E-state index in [0.29, 0.717) is 0 Å². The fourth-order valence-electron chi connectivity index (χ4n) is 5.74. The molecule has 0 amide bonds. The molecule has 4 fully saturated rings. The summed E-state index contributed by atoms with van der Waals surface area (Å²) in [6.45, 7) is -0.967. The van der Waals surface area contributed by atoms with Crippen molar-refractivity contribution >= 4 is 0 Å². The minimum absolute atomic E-state index is 0.0889. The maximum absolute atomic E-state index is 11.1. The summed E-state index contributed by atoms with van der Waals surface area (Å²) in [7, 11) is 0. The van der Waals surface area contributed by atoms with Crippen LogP contribution in [0.3, 0.4) is 0 Å². The van der Waals surface area contributed by atoms with Crippen molar-refractivity contribution in [3.05, 3.63) is 0 Å². The minimum Gasteiger partial charge on any atom is -0.394 e. The molecule has 4 rings (SSSR count). The molecule has 3 aliphatic heterocycles. The van der Waals surface area contributed by atoms with Crippen LogP contribution in [0.4, 0.5) is 0 Å². The number of ether oxygens (including phenoxy) is 6. The number of hydrogen-bond donors (Lipinski definition) is 13. The van der Waals surface area contributed by atoms with Gasteiger partial charge in [-0.3, -0.25) is 0 Å². The molecule has 246 valence electrons. The quantitative estimate of drug-likeness (QED) is 0.115. The van der Waals surface area contributed by atoms with Crippen molar-refractivity contribution in [3.8, 4) is 0 Å². The Bertz CT molecular complexity index is 868. The highest BCUT2D eigenvalue weighted by molar-refractivity contribution is 5.02. The van der Waals surface area contributed by atoms with Crippen LogP contribution in [0.5, 0.6) is 0 Å².